The molecular weight excluding hydrogens is 362 g/mol. The molecule has 0 heterocycles. The summed E-state index contributed by atoms with van der Waals surface area (Å²) in [6.07, 6.45) is 0. The monoisotopic (exact) mass is 377 g/mol. The lowest BCUT2D eigenvalue weighted by molar-refractivity contribution is -0.124. The van der Waals surface area contributed by atoms with E-state index >= 15 is 0 Å². The lowest BCUT2D eigenvalue weighted by Gasteiger charge is -2.09. The van der Waals surface area contributed by atoms with Gasteiger partial charge in [-0.25, -0.2) is 4.79 Å². The molecule has 0 radical (unpaired) electrons. The average Bonchev–Trinajstić information content (AvgIpc) is 2.57. The quantitative estimate of drug-likeness (QED) is 0.786. The molecule has 1 amide bonds. The van der Waals surface area contributed by atoms with Crippen LogP contribution in [-0.2, 0) is 16.1 Å². The van der Waals surface area contributed by atoms with E-state index in [4.69, 9.17) is 9.47 Å². The molecule has 0 aliphatic rings. The van der Waals surface area contributed by atoms with Crippen molar-refractivity contribution in [2.75, 3.05) is 13.7 Å². The fourth-order valence-corrected chi connectivity index (χ4v) is 2.37. The molecule has 0 saturated carbocycles. The topological polar surface area (TPSA) is 64.6 Å². The van der Waals surface area contributed by atoms with Crippen molar-refractivity contribution in [2.45, 2.75) is 6.54 Å². The summed E-state index contributed by atoms with van der Waals surface area (Å²) in [6, 6.07) is 14.3. The average molecular weight is 378 g/mol. The number of esters is 1. The molecule has 0 aliphatic heterocycles. The van der Waals surface area contributed by atoms with Crippen molar-refractivity contribution in [3.8, 4) is 5.75 Å². The minimum atomic E-state index is -0.597. The maximum atomic E-state index is 12.0. The van der Waals surface area contributed by atoms with E-state index in [1.165, 1.54) is 7.11 Å². The maximum Gasteiger partial charge on any atom is 0.342 e. The Hall–Kier alpha value is -2.34. The Morgan fingerprint density at radius 1 is 1.13 bits per heavy atom. The molecule has 2 aromatic rings. The Morgan fingerprint density at radius 2 is 1.91 bits per heavy atom. The number of hydrogen-bond acceptors (Lipinski definition) is 4. The van der Waals surface area contributed by atoms with Gasteiger partial charge in [0.15, 0.2) is 6.61 Å². The van der Waals surface area contributed by atoms with Gasteiger partial charge >= 0.3 is 5.97 Å². The Balaban J connectivity index is 1.83. The molecule has 5 nitrogen and oxygen atoms in total. The Labute approximate surface area is 142 Å². The predicted octanol–water partition coefficient (Wildman–Crippen LogP) is 2.93. The normalized spacial score (nSPS) is 10.0. The fourth-order valence-electron chi connectivity index (χ4n) is 1.92. The first-order valence-corrected chi connectivity index (χ1v) is 7.70. The molecule has 6 heteroatoms. The molecule has 120 valence electrons. The second-order valence-corrected chi connectivity index (χ2v) is 5.60. The van der Waals surface area contributed by atoms with E-state index in [9.17, 15) is 9.59 Å². The summed E-state index contributed by atoms with van der Waals surface area (Å²) in [5, 5.41) is 2.69. The molecule has 0 aromatic heterocycles. The van der Waals surface area contributed by atoms with Crippen LogP contribution in [0.4, 0.5) is 0 Å². The highest BCUT2D eigenvalue weighted by molar-refractivity contribution is 9.10. The molecule has 1 N–H and O–H groups in total. The van der Waals surface area contributed by atoms with Gasteiger partial charge in [-0.1, -0.05) is 40.2 Å². The van der Waals surface area contributed by atoms with Crippen LogP contribution in [0.5, 0.6) is 5.75 Å². The van der Waals surface area contributed by atoms with Gasteiger partial charge in [-0.3, -0.25) is 4.79 Å². The lowest BCUT2D eigenvalue weighted by Crippen LogP contribution is -2.28. The minimum absolute atomic E-state index is 0.287. The summed E-state index contributed by atoms with van der Waals surface area (Å²) in [5.41, 5.74) is 1.23. The van der Waals surface area contributed by atoms with Crippen LogP contribution in [0.15, 0.2) is 53.0 Å². The van der Waals surface area contributed by atoms with Gasteiger partial charge in [-0.15, -0.1) is 0 Å². The summed E-state index contributed by atoms with van der Waals surface area (Å²) in [4.78, 5) is 23.7. The van der Waals surface area contributed by atoms with Crippen LogP contribution in [0.1, 0.15) is 15.9 Å². The van der Waals surface area contributed by atoms with Crippen LogP contribution in [-0.4, -0.2) is 25.6 Å². The van der Waals surface area contributed by atoms with E-state index in [1.54, 1.807) is 24.3 Å². The van der Waals surface area contributed by atoms with Gasteiger partial charge in [-0.2, -0.15) is 0 Å². The standard InChI is InChI=1S/C17H16BrNO4/c1-22-15-8-3-2-7-14(15)17(21)23-11-16(20)19-10-12-5-4-6-13(18)9-12/h2-9H,10-11H2,1H3,(H,19,20). The first kappa shape index (κ1) is 17.0. The maximum absolute atomic E-state index is 12.0. The Morgan fingerprint density at radius 3 is 2.65 bits per heavy atom. The van der Waals surface area contributed by atoms with Gasteiger partial charge in [-0.05, 0) is 29.8 Å². The van der Waals surface area contributed by atoms with Crippen molar-refractivity contribution in [2.24, 2.45) is 0 Å². The highest BCUT2D eigenvalue weighted by atomic mass is 79.9. The Bertz CT molecular complexity index is 702. The minimum Gasteiger partial charge on any atom is -0.496 e. The second kappa shape index (κ2) is 8.33. The largest absolute Gasteiger partial charge is 0.496 e. The SMILES string of the molecule is COc1ccccc1C(=O)OCC(=O)NCc1cccc(Br)c1. The highest BCUT2D eigenvalue weighted by Gasteiger charge is 2.14. The van der Waals surface area contributed by atoms with E-state index in [2.05, 4.69) is 21.2 Å². The van der Waals surface area contributed by atoms with Crippen LogP contribution in [0.3, 0.4) is 0 Å². The van der Waals surface area contributed by atoms with Gasteiger partial charge in [0.25, 0.3) is 5.91 Å². The van der Waals surface area contributed by atoms with Gasteiger partial charge in [0.2, 0.25) is 0 Å². The van der Waals surface area contributed by atoms with Gasteiger partial charge in [0.05, 0.1) is 7.11 Å². The third kappa shape index (κ3) is 5.10. The van der Waals surface area contributed by atoms with Gasteiger partial charge in [0, 0.05) is 11.0 Å². The Kier molecular flexibility index (Phi) is 6.17. The van der Waals surface area contributed by atoms with E-state index in [-0.39, 0.29) is 18.1 Å². The molecule has 2 aromatic carbocycles. The van der Waals surface area contributed by atoms with Crippen molar-refractivity contribution < 1.29 is 19.1 Å². The van der Waals surface area contributed by atoms with Crippen LogP contribution < -0.4 is 10.1 Å². The number of benzene rings is 2. The number of carbonyl (C=O) groups excluding carboxylic acids is 2. The van der Waals surface area contributed by atoms with E-state index < -0.39 is 5.97 Å². The molecule has 0 fully saturated rings. The number of amides is 1. The third-order valence-electron chi connectivity index (χ3n) is 3.04. The smallest absolute Gasteiger partial charge is 0.342 e. The first-order chi connectivity index (χ1) is 11.1. The molecule has 0 unspecified atom stereocenters. The number of methoxy groups -OCH3 is 1. The van der Waals surface area contributed by atoms with Crippen LogP contribution in [0.2, 0.25) is 0 Å². The van der Waals surface area contributed by atoms with E-state index in [0.717, 1.165) is 10.0 Å². The lowest BCUT2D eigenvalue weighted by atomic mass is 10.2. The molecular formula is C17H16BrNO4. The van der Waals surface area contributed by atoms with Crippen LogP contribution in [0.25, 0.3) is 0 Å². The van der Waals surface area contributed by atoms with Crippen molar-refractivity contribution in [3.05, 3.63) is 64.1 Å². The van der Waals surface area contributed by atoms with E-state index in [1.807, 2.05) is 24.3 Å². The molecule has 0 atom stereocenters. The zero-order valence-electron chi connectivity index (χ0n) is 12.5. The van der Waals surface area contributed by atoms with Crippen LogP contribution >= 0.6 is 15.9 Å². The summed E-state index contributed by atoms with van der Waals surface area (Å²) >= 11 is 3.36. The van der Waals surface area contributed by atoms with E-state index in [0.29, 0.717) is 12.3 Å². The molecule has 0 saturated heterocycles. The van der Waals surface area contributed by atoms with Crippen LogP contribution in [0, 0.1) is 0 Å². The molecule has 2 rings (SSSR count). The molecule has 0 aliphatic carbocycles. The number of ether oxygens (including phenoxy) is 2. The summed E-state index contributed by atoms with van der Waals surface area (Å²) in [5.74, 6) is -0.555. The zero-order valence-corrected chi connectivity index (χ0v) is 14.1. The fraction of sp³-hybridized carbons (Fsp3) is 0.176. The highest BCUT2D eigenvalue weighted by Crippen LogP contribution is 2.18. The van der Waals surface area contributed by atoms with Crippen molar-refractivity contribution in [1.82, 2.24) is 5.32 Å². The second-order valence-electron chi connectivity index (χ2n) is 4.68. The van der Waals surface area contributed by atoms with Gasteiger partial charge in [0.1, 0.15) is 11.3 Å². The predicted molar refractivity (Wildman–Crippen MR) is 89.3 cm³/mol. The number of rotatable bonds is 6. The molecule has 0 spiro atoms. The molecule has 23 heavy (non-hydrogen) atoms. The van der Waals surface area contributed by atoms with Crippen molar-refractivity contribution >= 4 is 27.8 Å². The summed E-state index contributed by atoms with van der Waals surface area (Å²) in [7, 11) is 1.47. The zero-order chi connectivity index (χ0) is 16.7. The number of halogens is 1. The first-order valence-electron chi connectivity index (χ1n) is 6.91. The number of hydrogen-bond donors (Lipinski definition) is 1. The van der Waals surface area contributed by atoms with Crippen molar-refractivity contribution in [1.29, 1.82) is 0 Å². The third-order valence-corrected chi connectivity index (χ3v) is 3.53. The summed E-state index contributed by atoms with van der Waals surface area (Å²) < 4.78 is 11.0. The number of nitrogens with one attached hydrogen (secondary N) is 1. The summed E-state index contributed by atoms with van der Waals surface area (Å²) in [6.45, 7) is 0.0232. The molecule has 0 bridgehead atoms. The number of para-hydroxylation sites is 1. The van der Waals surface area contributed by atoms with Crippen molar-refractivity contribution in [3.63, 3.8) is 0 Å². The number of carbonyl (C=O) groups is 2. The van der Waals surface area contributed by atoms with Gasteiger partial charge < -0.3 is 14.8 Å².